The average Bonchev–Trinajstić information content (AvgIpc) is 3.60. The molecule has 0 saturated heterocycles. The van der Waals surface area contributed by atoms with Crippen LogP contribution >= 0.6 is 11.3 Å². The molecule has 0 saturated carbocycles. The first kappa shape index (κ1) is 31.0. The van der Waals surface area contributed by atoms with E-state index >= 15 is 0 Å². The number of pyridine rings is 1. The van der Waals surface area contributed by atoms with Crippen molar-refractivity contribution < 1.29 is 4.74 Å². The van der Waals surface area contributed by atoms with Gasteiger partial charge in [0.15, 0.2) is 0 Å². The molecule has 0 aliphatic heterocycles. The van der Waals surface area contributed by atoms with Gasteiger partial charge < -0.3 is 15.4 Å². The van der Waals surface area contributed by atoms with Gasteiger partial charge in [-0.2, -0.15) is 0 Å². The number of nitrogens with one attached hydrogen (secondary N) is 2. The van der Waals surface area contributed by atoms with Gasteiger partial charge in [0.25, 0.3) is 0 Å². The van der Waals surface area contributed by atoms with Crippen molar-refractivity contribution in [1.82, 2.24) is 9.55 Å². The number of thiophene rings is 1. The highest BCUT2D eigenvalue weighted by Gasteiger charge is 2.21. The maximum absolute atomic E-state index is 6.60. The van der Waals surface area contributed by atoms with Crippen molar-refractivity contribution in [2.75, 3.05) is 10.6 Å². The van der Waals surface area contributed by atoms with Crippen LogP contribution in [0.3, 0.4) is 0 Å². The Morgan fingerprint density at radius 3 is 2.22 bits per heavy atom. The van der Waals surface area contributed by atoms with E-state index in [1.807, 2.05) is 41.8 Å². The Balaban J connectivity index is 1.25. The summed E-state index contributed by atoms with van der Waals surface area (Å²) in [6.07, 6.45) is 1.94. The summed E-state index contributed by atoms with van der Waals surface area (Å²) in [6, 6.07) is 40.4. The third-order valence-corrected chi connectivity index (χ3v) is 10.0. The van der Waals surface area contributed by atoms with Crippen molar-refractivity contribution in [3.63, 3.8) is 0 Å². The first-order valence-corrected chi connectivity index (χ1v) is 17.6. The predicted octanol–water partition coefficient (Wildman–Crippen LogP) is 12.6. The zero-order chi connectivity index (χ0) is 33.9. The summed E-state index contributed by atoms with van der Waals surface area (Å²) in [6.45, 7) is 13.2. The van der Waals surface area contributed by atoms with Crippen molar-refractivity contribution in [3.05, 3.63) is 127 Å². The van der Waals surface area contributed by atoms with Crippen molar-refractivity contribution in [2.45, 2.75) is 52.5 Å². The fourth-order valence-electron chi connectivity index (χ4n) is 6.64. The van der Waals surface area contributed by atoms with Crippen LogP contribution in [0.4, 0.5) is 17.1 Å². The normalized spacial score (nSPS) is 12.3. The lowest BCUT2D eigenvalue weighted by atomic mass is 9.88. The zero-order valence-corrected chi connectivity index (χ0v) is 29.6. The Kier molecular flexibility index (Phi) is 7.38. The minimum absolute atomic E-state index is 0.0164. The second-order valence-electron chi connectivity index (χ2n) is 14.8. The number of fused-ring (bicyclic) bond motifs is 7. The van der Waals surface area contributed by atoms with Gasteiger partial charge in [-0.1, -0.05) is 63.2 Å². The molecule has 8 rings (SSSR count). The lowest BCUT2D eigenvalue weighted by Crippen LogP contribution is -2.26. The van der Waals surface area contributed by atoms with Gasteiger partial charge in [0.05, 0.1) is 22.4 Å². The third kappa shape index (κ3) is 5.87. The second kappa shape index (κ2) is 11.7. The van der Waals surface area contributed by atoms with E-state index in [9.17, 15) is 0 Å². The van der Waals surface area contributed by atoms with Crippen LogP contribution in [0.1, 0.15) is 47.1 Å². The molecule has 5 aromatic carbocycles. The standard InChI is InChI=1S/C43H40N4OS/c1-42(2,3)27-22-23-44-39(24-27)47-36-26-30(18-19-31(36)32-20-21-38-40(41(32)47)33-14-7-10-17-37(33)49-38)48-29-13-11-12-28(25-29)45-34-15-8-9-16-35(34)46-43(4,5)6/h7-26,45-46H,1-6H3. The molecule has 8 aromatic rings. The topological polar surface area (TPSA) is 51.1 Å². The Morgan fingerprint density at radius 2 is 1.41 bits per heavy atom. The number of hydrogen-bond acceptors (Lipinski definition) is 5. The fraction of sp³-hybridized carbons (Fsp3) is 0.186. The van der Waals surface area contributed by atoms with Crippen molar-refractivity contribution >= 4 is 70.4 Å². The molecule has 0 aliphatic rings. The summed E-state index contributed by atoms with van der Waals surface area (Å²) in [7, 11) is 0. The monoisotopic (exact) mass is 660 g/mol. The molecule has 0 atom stereocenters. The first-order chi connectivity index (χ1) is 23.5. The number of ether oxygens (including phenoxy) is 1. The van der Waals surface area contributed by atoms with E-state index in [2.05, 4.69) is 148 Å². The maximum Gasteiger partial charge on any atom is 0.137 e. The molecule has 0 unspecified atom stereocenters. The Bertz CT molecular complexity index is 2510. The molecular weight excluding hydrogens is 621 g/mol. The van der Waals surface area contributed by atoms with E-state index in [1.165, 1.54) is 42.0 Å². The Hall–Kier alpha value is -5.33. The molecule has 3 aromatic heterocycles. The summed E-state index contributed by atoms with van der Waals surface area (Å²) in [4.78, 5) is 4.97. The fourth-order valence-corrected chi connectivity index (χ4v) is 7.74. The average molecular weight is 661 g/mol. The number of nitrogens with zero attached hydrogens (tertiary/aromatic N) is 2. The van der Waals surface area contributed by atoms with E-state index in [1.54, 1.807) is 0 Å². The lowest BCUT2D eigenvalue weighted by Gasteiger charge is -2.24. The third-order valence-electron chi connectivity index (χ3n) is 8.87. The largest absolute Gasteiger partial charge is 0.457 e. The van der Waals surface area contributed by atoms with Gasteiger partial charge in [0, 0.05) is 60.5 Å². The molecule has 49 heavy (non-hydrogen) atoms. The number of aromatic nitrogens is 2. The van der Waals surface area contributed by atoms with Gasteiger partial charge >= 0.3 is 0 Å². The van der Waals surface area contributed by atoms with Crippen molar-refractivity contribution in [3.8, 4) is 17.3 Å². The van der Waals surface area contributed by atoms with Crippen LogP contribution in [-0.2, 0) is 5.41 Å². The van der Waals surface area contributed by atoms with E-state index < -0.39 is 0 Å². The molecular formula is C43H40N4OS. The molecule has 0 amide bonds. The molecule has 0 bridgehead atoms. The maximum atomic E-state index is 6.60. The Morgan fingerprint density at radius 1 is 0.653 bits per heavy atom. The van der Waals surface area contributed by atoms with Gasteiger partial charge in [-0.3, -0.25) is 4.57 Å². The van der Waals surface area contributed by atoms with Gasteiger partial charge in [-0.05, 0) is 92.4 Å². The summed E-state index contributed by atoms with van der Waals surface area (Å²) in [5.74, 6) is 2.43. The molecule has 0 fully saturated rings. The minimum atomic E-state index is -0.0598. The SMILES string of the molecule is CC(C)(C)Nc1ccccc1Nc1cccc(Oc2ccc3c4ccc5sc6ccccc6c5c4n(-c4cc(C(C)(C)C)ccn4)c3c2)c1. The zero-order valence-electron chi connectivity index (χ0n) is 28.8. The van der Waals surface area contributed by atoms with E-state index in [0.717, 1.165) is 39.9 Å². The highest BCUT2D eigenvalue weighted by molar-refractivity contribution is 7.26. The molecule has 2 N–H and O–H groups in total. The smallest absolute Gasteiger partial charge is 0.137 e. The van der Waals surface area contributed by atoms with Crippen molar-refractivity contribution in [2.24, 2.45) is 0 Å². The van der Waals surface area contributed by atoms with Crippen molar-refractivity contribution in [1.29, 1.82) is 0 Å². The lowest BCUT2D eigenvalue weighted by molar-refractivity contribution is 0.483. The molecule has 244 valence electrons. The second-order valence-corrected chi connectivity index (χ2v) is 15.9. The molecule has 0 spiro atoms. The van der Waals surface area contributed by atoms with Crippen LogP contribution < -0.4 is 15.4 Å². The number of anilines is 3. The first-order valence-electron chi connectivity index (χ1n) is 16.8. The molecule has 6 heteroatoms. The van der Waals surface area contributed by atoms with Gasteiger partial charge in [-0.25, -0.2) is 4.98 Å². The number of hydrogen-bond donors (Lipinski definition) is 2. The van der Waals surface area contributed by atoms with E-state index in [-0.39, 0.29) is 11.0 Å². The van der Waals surface area contributed by atoms with E-state index in [4.69, 9.17) is 9.72 Å². The quantitative estimate of drug-likeness (QED) is 0.186. The molecule has 5 nitrogen and oxygen atoms in total. The summed E-state index contributed by atoms with van der Waals surface area (Å²) in [5.41, 5.74) is 6.41. The highest BCUT2D eigenvalue weighted by Crippen LogP contribution is 2.44. The summed E-state index contributed by atoms with van der Waals surface area (Å²) >= 11 is 1.84. The summed E-state index contributed by atoms with van der Waals surface area (Å²) in [5, 5.41) is 12.1. The van der Waals surface area contributed by atoms with Gasteiger partial charge in [0.2, 0.25) is 0 Å². The number of benzene rings is 5. The van der Waals surface area contributed by atoms with Gasteiger partial charge in [0.1, 0.15) is 17.3 Å². The molecule has 3 heterocycles. The molecule has 0 aliphatic carbocycles. The Labute approximate surface area is 291 Å². The van der Waals surface area contributed by atoms with Crippen LogP contribution in [0.2, 0.25) is 0 Å². The van der Waals surface area contributed by atoms with Crippen LogP contribution in [0, 0.1) is 0 Å². The van der Waals surface area contributed by atoms with E-state index in [0.29, 0.717) is 0 Å². The van der Waals surface area contributed by atoms with Gasteiger partial charge in [-0.15, -0.1) is 11.3 Å². The van der Waals surface area contributed by atoms with Crippen LogP contribution in [0.25, 0.3) is 47.8 Å². The van der Waals surface area contributed by atoms with Crippen LogP contribution in [-0.4, -0.2) is 15.1 Å². The predicted molar refractivity (Wildman–Crippen MR) is 210 cm³/mol. The molecule has 0 radical (unpaired) electrons. The number of para-hydroxylation sites is 2. The highest BCUT2D eigenvalue weighted by atomic mass is 32.1. The van der Waals surface area contributed by atoms with Crippen LogP contribution in [0.5, 0.6) is 11.5 Å². The number of rotatable bonds is 6. The minimum Gasteiger partial charge on any atom is -0.457 e. The summed E-state index contributed by atoms with van der Waals surface area (Å²) < 4.78 is 11.5. The van der Waals surface area contributed by atoms with Crippen LogP contribution in [0.15, 0.2) is 121 Å².